The Kier molecular flexibility index (Phi) is 11.6. The molecule has 4 atom stereocenters. The van der Waals surface area contributed by atoms with E-state index in [-0.39, 0.29) is 24.2 Å². The Balaban J connectivity index is 1.20. The molecule has 3 aliphatic heterocycles. The number of carbonyl (C=O) groups is 4. The summed E-state index contributed by atoms with van der Waals surface area (Å²) in [7, 11) is 0. The average Bonchev–Trinajstić information content (AvgIpc) is 3.56. The second-order valence-electron chi connectivity index (χ2n) is 14.6. The first kappa shape index (κ1) is 35.3. The van der Waals surface area contributed by atoms with Gasteiger partial charge in [-0.1, -0.05) is 105 Å². The summed E-state index contributed by atoms with van der Waals surface area (Å²) in [5.74, 6) is -1.55. The molecule has 0 radical (unpaired) electrons. The third-order valence-corrected chi connectivity index (χ3v) is 10.6. The van der Waals surface area contributed by atoms with Gasteiger partial charge in [-0.3, -0.25) is 24.1 Å². The van der Waals surface area contributed by atoms with E-state index in [0.717, 1.165) is 42.5 Å². The van der Waals surface area contributed by atoms with Crippen molar-refractivity contribution in [3.8, 4) is 0 Å². The number of carbonyl (C=O) groups excluding carboxylic acids is 4. The number of hydrogen-bond acceptors (Lipinski definition) is 5. The highest BCUT2D eigenvalue weighted by Crippen LogP contribution is 2.27. The topological polar surface area (TPSA) is 93.3 Å². The second kappa shape index (κ2) is 16.5. The molecule has 0 aliphatic carbocycles. The summed E-state index contributed by atoms with van der Waals surface area (Å²) < 4.78 is 0. The summed E-state index contributed by atoms with van der Waals surface area (Å²) in [5, 5.41) is 2.79. The molecule has 3 aromatic carbocycles. The summed E-state index contributed by atoms with van der Waals surface area (Å²) in [4.78, 5) is 61.7. The van der Waals surface area contributed by atoms with E-state index in [1.807, 2.05) is 64.4 Å². The lowest BCUT2D eigenvalue weighted by Crippen LogP contribution is -2.64. The van der Waals surface area contributed by atoms with Gasteiger partial charge in [-0.2, -0.15) is 0 Å². The molecule has 1 N–H and O–H groups in total. The van der Waals surface area contributed by atoms with Crippen LogP contribution in [-0.2, 0) is 38.4 Å². The lowest BCUT2D eigenvalue weighted by atomic mass is 9.96. The number of amides is 4. The zero-order chi connectivity index (χ0) is 35.0. The predicted octanol–water partition coefficient (Wildman–Crippen LogP) is 3.96. The molecule has 0 bridgehead atoms. The molecule has 50 heavy (non-hydrogen) atoms. The van der Waals surface area contributed by atoms with Gasteiger partial charge in [0.1, 0.15) is 0 Å². The molecule has 3 aliphatic rings. The van der Waals surface area contributed by atoms with Crippen LogP contribution in [-0.4, -0.2) is 107 Å². The van der Waals surface area contributed by atoms with Crippen LogP contribution in [0.25, 0.3) is 0 Å². The van der Waals surface area contributed by atoms with E-state index in [0.29, 0.717) is 57.9 Å². The van der Waals surface area contributed by atoms with Gasteiger partial charge in [0.05, 0.1) is 12.1 Å². The van der Waals surface area contributed by atoms with Gasteiger partial charge in [-0.15, -0.1) is 0 Å². The van der Waals surface area contributed by atoms with Crippen molar-refractivity contribution < 1.29 is 19.2 Å². The van der Waals surface area contributed by atoms with Crippen molar-refractivity contribution in [3.05, 3.63) is 108 Å². The fourth-order valence-electron chi connectivity index (χ4n) is 8.05. The van der Waals surface area contributed by atoms with Gasteiger partial charge < -0.3 is 20.0 Å². The van der Waals surface area contributed by atoms with Crippen LogP contribution in [0, 0.1) is 5.92 Å². The Morgan fingerprint density at radius 1 is 0.700 bits per heavy atom. The molecule has 264 valence electrons. The van der Waals surface area contributed by atoms with Gasteiger partial charge in [0.2, 0.25) is 0 Å². The van der Waals surface area contributed by atoms with E-state index in [2.05, 4.69) is 60.5 Å². The van der Waals surface area contributed by atoms with Gasteiger partial charge in [0, 0.05) is 44.8 Å². The van der Waals surface area contributed by atoms with Crippen molar-refractivity contribution in [1.29, 1.82) is 0 Å². The summed E-state index contributed by atoms with van der Waals surface area (Å²) in [5.41, 5.74) is 3.41. The molecule has 0 spiro atoms. The molecule has 3 heterocycles. The van der Waals surface area contributed by atoms with E-state index in [4.69, 9.17) is 0 Å². The van der Waals surface area contributed by atoms with Gasteiger partial charge >= 0.3 is 23.6 Å². The molecule has 3 fully saturated rings. The zero-order valence-corrected chi connectivity index (χ0v) is 29.5. The van der Waals surface area contributed by atoms with Crippen molar-refractivity contribution in [1.82, 2.24) is 24.9 Å². The standard InChI is InChI=1S/C41H51N5O4/c1-30(2)23-36(27-43-21-12-19-34(43)28-45-35(26-42-38(47)39(45)48)24-32-15-8-4-9-16-32)46-29-37(25-33-17-10-5-11-18-33)44(40(49)41(46)50)22-20-31-13-6-3-7-14-31/h3-11,13-18,30,34-37H,12,19-29H2,1-2H3,(H,42,47)/t34-,35-,36-,37-/m0/s1. The lowest BCUT2D eigenvalue weighted by molar-refractivity contribution is -0.161. The summed E-state index contributed by atoms with van der Waals surface area (Å²) in [6.07, 6.45) is 4.69. The maximum Gasteiger partial charge on any atom is 0.312 e. The normalized spacial score (nSPS) is 22.4. The van der Waals surface area contributed by atoms with Crippen molar-refractivity contribution in [2.75, 3.05) is 39.3 Å². The first-order valence-electron chi connectivity index (χ1n) is 18.3. The second-order valence-corrected chi connectivity index (χ2v) is 14.6. The fourth-order valence-corrected chi connectivity index (χ4v) is 8.05. The number of nitrogens with one attached hydrogen (secondary N) is 1. The molecule has 3 aromatic rings. The first-order chi connectivity index (χ1) is 24.3. The molecule has 0 saturated carbocycles. The number of hydrogen-bond donors (Lipinski definition) is 1. The molecular weight excluding hydrogens is 626 g/mol. The Morgan fingerprint density at radius 3 is 1.92 bits per heavy atom. The van der Waals surface area contributed by atoms with Crippen molar-refractivity contribution in [2.45, 2.75) is 76.5 Å². The number of likely N-dealkylation sites (tertiary alicyclic amines) is 1. The smallest absolute Gasteiger partial charge is 0.312 e. The van der Waals surface area contributed by atoms with Gasteiger partial charge in [-0.05, 0) is 67.7 Å². The lowest BCUT2D eigenvalue weighted by Gasteiger charge is -2.46. The van der Waals surface area contributed by atoms with Crippen LogP contribution in [0.4, 0.5) is 0 Å². The molecule has 9 heteroatoms. The van der Waals surface area contributed by atoms with Crippen molar-refractivity contribution in [3.63, 3.8) is 0 Å². The Bertz CT molecular complexity index is 1600. The molecule has 0 aromatic heterocycles. The van der Waals surface area contributed by atoms with Crippen LogP contribution in [0.2, 0.25) is 0 Å². The third-order valence-electron chi connectivity index (χ3n) is 10.6. The third kappa shape index (κ3) is 8.62. The van der Waals surface area contributed by atoms with E-state index in [1.54, 1.807) is 4.90 Å². The van der Waals surface area contributed by atoms with Crippen LogP contribution >= 0.6 is 0 Å². The van der Waals surface area contributed by atoms with Crippen LogP contribution < -0.4 is 5.32 Å². The van der Waals surface area contributed by atoms with Gasteiger partial charge in [0.15, 0.2) is 0 Å². The molecule has 3 saturated heterocycles. The Hall–Kier alpha value is -4.50. The van der Waals surface area contributed by atoms with Crippen LogP contribution in [0.1, 0.15) is 49.8 Å². The monoisotopic (exact) mass is 677 g/mol. The van der Waals surface area contributed by atoms with Crippen LogP contribution in [0.5, 0.6) is 0 Å². The van der Waals surface area contributed by atoms with Crippen LogP contribution in [0.15, 0.2) is 91.0 Å². The minimum Gasteiger partial charge on any atom is -0.346 e. The fraction of sp³-hybridized carbons (Fsp3) is 0.463. The zero-order valence-electron chi connectivity index (χ0n) is 29.5. The highest BCUT2D eigenvalue weighted by molar-refractivity contribution is 6.36. The quantitative estimate of drug-likeness (QED) is 0.261. The minimum atomic E-state index is -0.546. The molecule has 4 amide bonds. The van der Waals surface area contributed by atoms with E-state index in [9.17, 15) is 19.2 Å². The SMILES string of the molecule is CC(C)C[C@@H](CN1CCC[C@H]1CN1C(=O)C(=O)NC[C@@H]1Cc1ccccc1)N1C[C@H](Cc2ccccc2)N(CCc2ccccc2)C(=O)C1=O. The van der Waals surface area contributed by atoms with Crippen molar-refractivity contribution >= 4 is 23.6 Å². The van der Waals surface area contributed by atoms with E-state index >= 15 is 0 Å². The largest absolute Gasteiger partial charge is 0.346 e. The molecular formula is C41H51N5O4. The Morgan fingerprint density at radius 2 is 1.30 bits per heavy atom. The van der Waals surface area contributed by atoms with Crippen molar-refractivity contribution in [2.24, 2.45) is 5.92 Å². The average molecular weight is 678 g/mol. The Labute approximate surface area is 296 Å². The summed E-state index contributed by atoms with van der Waals surface area (Å²) in [6, 6.07) is 30.1. The van der Waals surface area contributed by atoms with E-state index in [1.165, 1.54) is 0 Å². The highest BCUT2D eigenvalue weighted by atomic mass is 16.2. The molecule has 6 rings (SSSR count). The number of benzene rings is 3. The molecule has 0 unspecified atom stereocenters. The van der Waals surface area contributed by atoms with Crippen LogP contribution in [0.3, 0.4) is 0 Å². The summed E-state index contributed by atoms with van der Waals surface area (Å²) >= 11 is 0. The highest BCUT2D eigenvalue weighted by Gasteiger charge is 2.43. The number of nitrogens with zero attached hydrogens (tertiary/aromatic N) is 4. The first-order valence-corrected chi connectivity index (χ1v) is 18.3. The maximum absolute atomic E-state index is 14.1. The predicted molar refractivity (Wildman–Crippen MR) is 194 cm³/mol. The maximum atomic E-state index is 14.1. The summed E-state index contributed by atoms with van der Waals surface area (Å²) in [6.45, 7) is 7.67. The molecule has 9 nitrogen and oxygen atoms in total. The number of piperazine rings is 2. The van der Waals surface area contributed by atoms with Gasteiger partial charge in [0.25, 0.3) is 0 Å². The number of rotatable bonds is 14. The van der Waals surface area contributed by atoms with E-state index < -0.39 is 23.6 Å². The van der Waals surface area contributed by atoms with Gasteiger partial charge in [-0.25, -0.2) is 0 Å². The minimum absolute atomic E-state index is 0.0656.